The van der Waals surface area contributed by atoms with Crippen LogP contribution in [0.3, 0.4) is 0 Å². The average Bonchev–Trinajstić information content (AvgIpc) is 3.37. The Morgan fingerprint density at radius 3 is 2.75 bits per heavy atom. The van der Waals surface area contributed by atoms with Gasteiger partial charge in [-0.3, -0.25) is 9.36 Å². The normalized spacial score (nSPS) is 10.8. The van der Waals surface area contributed by atoms with Crippen LogP contribution < -0.4 is 5.32 Å². The highest BCUT2D eigenvalue weighted by atomic mass is 19.1. The molecule has 1 N–H and O–H groups in total. The zero-order valence-corrected chi connectivity index (χ0v) is 15.1. The zero-order chi connectivity index (χ0) is 19.5. The molecule has 3 aromatic heterocycles. The first kappa shape index (κ1) is 17.6. The molecular formula is C20H17FN6O. The highest BCUT2D eigenvalue weighted by Crippen LogP contribution is 2.17. The third kappa shape index (κ3) is 3.39. The summed E-state index contributed by atoms with van der Waals surface area (Å²) in [6.07, 6.45) is 8.29. The van der Waals surface area contributed by atoms with Gasteiger partial charge in [0.15, 0.2) is 0 Å². The molecule has 0 aliphatic heterocycles. The van der Waals surface area contributed by atoms with Crippen molar-refractivity contribution in [1.29, 1.82) is 0 Å². The Labute approximate surface area is 160 Å². The molecule has 0 fully saturated rings. The minimum absolute atomic E-state index is 0.279. The van der Waals surface area contributed by atoms with Gasteiger partial charge in [0.05, 0.1) is 17.5 Å². The van der Waals surface area contributed by atoms with E-state index in [1.54, 1.807) is 54.6 Å². The summed E-state index contributed by atoms with van der Waals surface area (Å²) in [6.45, 7) is 2.05. The third-order valence-corrected chi connectivity index (χ3v) is 4.37. The SMILES string of the molecule is Cc1c(C(=O)NCc2ccc(-n3ccnc3)nc2)cnn1-c1ccccc1F. The van der Waals surface area contributed by atoms with E-state index in [9.17, 15) is 9.18 Å². The van der Waals surface area contributed by atoms with Crippen LogP contribution in [0.15, 0.2) is 67.5 Å². The summed E-state index contributed by atoms with van der Waals surface area (Å²) in [5.41, 5.74) is 2.12. The maximum Gasteiger partial charge on any atom is 0.255 e. The molecule has 0 radical (unpaired) electrons. The highest BCUT2D eigenvalue weighted by Gasteiger charge is 2.16. The van der Waals surface area contributed by atoms with E-state index in [4.69, 9.17) is 0 Å². The number of hydrogen-bond donors (Lipinski definition) is 1. The van der Waals surface area contributed by atoms with Crippen molar-refractivity contribution in [3.63, 3.8) is 0 Å². The van der Waals surface area contributed by atoms with E-state index in [-0.39, 0.29) is 5.91 Å². The van der Waals surface area contributed by atoms with Crippen molar-refractivity contribution < 1.29 is 9.18 Å². The first-order valence-corrected chi connectivity index (χ1v) is 8.64. The summed E-state index contributed by atoms with van der Waals surface area (Å²) >= 11 is 0. The summed E-state index contributed by atoms with van der Waals surface area (Å²) in [4.78, 5) is 20.9. The average molecular weight is 376 g/mol. The lowest BCUT2D eigenvalue weighted by Crippen LogP contribution is -2.23. The quantitative estimate of drug-likeness (QED) is 0.581. The molecule has 0 unspecified atom stereocenters. The standard InChI is InChI=1S/C20H17FN6O/c1-14-16(12-25-27(14)18-5-3-2-4-17(18)21)20(28)24-11-15-6-7-19(23-10-15)26-9-8-22-13-26/h2-10,12-13H,11H2,1H3,(H,24,28). The maximum absolute atomic E-state index is 14.0. The number of amides is 1. The van der Waals surface area contributed by atoms with E-state index in [1.807, 2.05) is 12.1 Å². The molecule has 4 rings (SSSR count). The first-order chi connectivity index (χ1) is 13.6. The van der Waals surface area contributed by atoms with Crippen LogP contribution in [-0.2, 0) is 6.54 Å². The van der Waals surface area contributed by atoms with Gasteiger partial charge in [0.25, 0.3) is 5.91 Å². The summed E-state index contributed by atoms with van der Waals surface area (Å²) < 4.78 is 17.2. The van der Waals surface area contributed by atoms with Crippen LogP contribution >= 0.6 is 0 Å². The zero-order valence-electron chi connectivity index (χ0n) is 15.1. The predicted molar refractivity (Wildman–Crippen MR) is 101 cm³/mol. The van der Waals surface area contributed by atoms with Crippen molar-refractivity contribution in [2.24, 2.45) is 0 Å². The van der Waals surface area contributed by atoms with Crippen LogP contribution in [0.4, 0.5) is 4.39 Å². The Morgan fingerprint density at radius 1 is 1.18 bits per heavy atom. The second-order valence-corrected chi connectivity index (χ2v) is 6.18. The molecule has 0 saturated heterocycles. The molecule has 0 spiro atoms. The summed E-state index contributed by atoms with van der Waals surface area (Å²) in [7, 11) is 0. The first-order valence-electron chi connectivity index (χ1n) is 8.64. The van der Waals surface area contributed by atoms with E-state index in [1.165, 1.54) is 16.9 Å². The van der Waals surface area contributed by atoms with Crippen molar-refractivity contribution in [1.82, 2.24) is 29.6 Å². The van der Waals surface area contributed by atoms with Gasteiger partial charge in [-0.1, -0.05) is 18.2 Å². The Morgan fingerprint density at radius 2 is 2.04 bits per heavy atom. The molecule has 1 amide bonds. The topological polar surface area (TPSA) is 77.6 Å². The molecule has 28 heavy (non-hydrogen) atoms. The Bertz CT molecular complexity index is 1100. The van der Waals surface area contributed by atoms with Gasteiger partial charge < -0.3 is 5.32 Å². The number of carbonyl (C=O) groups is 1. The van der Waals surface area contributed by atoms with Crippen LogP contribution in [0.5, 0.6) is 0 Å². The van der Waals surface area contributed by atoms with Crippen molar-refractivity contribution in [2.75, 3.05) is 0 Å². The van der Waals surface area contributed by atoms with E-state index in [0.717, 1.165) is 11.4 Å². The van der Waals surface area contributed by atoms with Crippen LogP contribution in [0.1, 0.15) is 21.6 Å². The number of carbonyl (C=O) groups excluding carboxylic acids is 1. The molecule has 4 aromatic rings. The Balaban J connectivity index is 1.45. The summed E-state index contributed by atoms with van der Waals surface area (Å²) in [5, 5.41) is 7.00. The number of para-hydroxylation sites is 1. The number of hydrogen-bond acceptors (Lipinski definition) is 4. The molecule has 0 aliphatic carbocycles. The number of nitrogens with zero attached hydrogens (tertiary/aromatic N) is 5. The lowest BCUT2D eigenvalue weighted by Gasteiger charge is -2.08. The molecule has 0 atom stereocenters. The fourth-order valence-electron chi connectivity index (χ4n) is 2.85. The number of nitrogens with one attached hydrogen (secondary N) is 1. The molecule has 7 nitrogen and oxygen atoms in total. The van der Waals surface area contributed by atoms with Crippen LogP contribution in [0.2, 0.25) is 0 Å². The molecule has 140 valence electrons. The number of aromatic nitrogens is 5. The number of rotatable bonds is 5. The molecule has 0 bridgehead atoms. The minimum atomic E-state index is -0.398. The van der Waals surface area contributed by atoms with Gasteiger partial charge in [0, 0.05) is 25.1 Å². The minimum Gasteiger partial charge on any atom is -0.348 e. The molecule has 0 saturated carbocycles. The van der Waals surface area contributed by atoms with E-state index in [0.29, 0.717) is 23.5 Å². The summed E-state index contributed by atoms with van der Waals surface area (Å²) in [6, 6.07) is 10.0. The fraction of sp³-hybridized carbons (Fsp3) is 0.100. The number of halogens is 1. The second kappa shape index (κ2) is 7.43. The Kier molecular flexibility index (Phi) is 4.67. The van der Waals surface area contributed by atoms with E-state index >= 15 is 0 Å². The predicted octanol–water partition coefficient (Wildman–Crippen LogP) is 2.83. The maximum atomic E-state index is 14.0. The number of pyridine rings is 1. The molecular weight excluding hydrogens is 359 g/mol. The van der Waals surface area contributed by atoms with Gasteiger partial charge in [-0.25, -0.2) is 19.0 Å². The van der Waals surface area contributed by atoms with Crippen molar-refractivity contribution in [3.05, 3.63) is 90.2 Å². The molecule has 1 aromatic carbocycles. The number of imidazole rings is 1. The molecule has 0 aliphatic rings. The van der Waals surface area contributed by atoms with Gasteiger partial charge in [0.2, 0.25) is 0 Å². The van der Waals surface area contributed by atoms with Crippen molar-refractivity contribution in [2.45, 2.75) is 13.5 Å². The van der Waals surface area contributed by atoms with Crippen LogP contribution in [0, 0.1) is 12.7 Å². The van der Waals surface area contributed by atoms with Crippen LogP contribution in [0.25, 0.3) is 11.5 Å². The van der Waals surface area contributed by atoms with Crippen molar-refractivity contribution >= 4 is 5.91 Å². The Hall–Kier alpha value is -3.81. The molecule has 8 heteroatoms. The largest absolute Gasteiger partial charge is 0.348 e. The van der Waals surface area contributed by atoms with Gasteiger partial charge in [-0.15, -0.1) is 0 Å². The highest BCUT2D eigenvalue weighted by molar-refractivity contribution is 5.95. The smallest absolute Gasteiger partial charge is 0.255 e. The lowest BCUT2D eigenvalue weighted by atomic mass is 10.2. The second-order valence-electron chi connectivity index (χ2n) is 6.18. The van der Waals surface area contributed by atoms with Gasteiger partial charge in [0.1, 0.15) is 23.6 Å². The van der Waals surface area contributed by atoms with Crippen molar-refractivity contribution in [3.8, 4) is 11.5 Å². The fourth-order valence-corrected chi connectivity index (χ4v) is 2.85. The monoisotopic (exact) mass is 376 g/mol. The number of benzene rings is 1. The van der Waals surface area contributed by atoms with Gasteiger partial charge in [-0.05, 0) is 30.7 Å². The summed E-state index contributed by atoms with van der Waals surface area (Å²) in [5.74, 6) is 0.0677. The van der Waals surface area contributed by atoms with E-state index < -0.39 is 5.82 Å². The van der Waals surface area contributed by atoms with Gasteiger partial charge >= 0.3 is 0 Å². The molecule has 3 heterocycles. The lowest BCUT2D eigenvalue weighted by molar-refractivity contribution is 0.0950. The third-order valence-electron chi connectivity index (χ3n) is 4.37. The van der Waals surface area contributed by atoms with Crippen LogP contribution in [-0.4, -0.2) is 30.2 Å². The van der Waals surface area contributed by atoms with Gasteiger partial charge in [-0.2, -0.15) is 5.10 Å². The van der Waals surface area contributed by atoms with E-state index in [2.05, 4.69) is 20.4 Å².